The Morgan fingerprint density at radius 1 is 1.30 bits per heavy atom. The number of nitrogens with zero attached hydrogens (tertiary/aromatic N) is 2. The van der Waals surface area contributed by atoms with Gasteiger partial charge in [-0.15, -0.1) is 11.3 Å². The SMILES string of the molecule is CCc1ccc(S(=O)(=O)N2CCN(C(=O)OC)CC2)s1. The zero-order valence-electron chi connectivity index (χ0n) is 11.5. The Bertz CT molecular complexity index is 574. The van der Waals surface area contributed by atoms with E-state index in [0.717, 1.165) is 11.3 Å². The lowest BCUT2D eigenvalue weighted by Crippen LogP contribution is -2.50. The molecule has 8 heteroatoms. The Hall–Kier alpha value is -1.12. The van der Waals surface area contributed by atoms with E-state index in [9.17, 15) is 13.2 Å². The number of amides is 1. The standard InChI is InChI=1S/C12H18N2O4S2/c1-3-10-4-5-11(19-10)20(16,17)14-8-6-13(7-9-14)12(15)18-2/h4-5H,3,6-9H2,1-2H3. The molecule has 6 nitrogen and oxygen atoms in total. The fourth-order valence-corrected chi connectivity index (χ4v) is 4.93. The van der Waals surface area contributed by atoms with Gasteiger partial charge in [-0.2, -0.15) is 4.31 Å². The van der Waals surface area contributed by atoms with E-state index in [0.29, 0.717) is 30.4 Å². The topological polar surface area (TPSA) is 66.9 Å². The molecule has 0 spiro atoms. The Balaban J connectivity index is 2.07. The summed E-state index contributed by atoms with van der Waals surface area (Å²) < 4.78 is 31.4. The van der Waals surface area contributed by atoms with Gasteiger partial charge in [-0.1, -0.05) is 6.92 Å². The van der Waals surface area contributed by atoms with E-state index in [1.807, 2.05) is 13.0 Å². The molecular weight excluding hydrogens is 300 g/mol. The van der Waals surface area contributed by atoms with Gasteiger partial charge < -0.3 is 9.64 Å². The van der Waals surface area contributed by atoms with Crippen molar-refractivity contribution >= 4 is 27.5 Å². The number of carbonyl (C=O) groups excluding carboxylic acids is 1. The molecule has 2 heterocycles. The van der Waals surface area contributed by atoms with Crippen LogP contribution in [0, 0.1) is 0 Å². The van der Waals surface area contributed by atoms with Crippen LogP contribution in [0.4, 0.5) is 4.79 Å². The summed E-state index contributed by atoms with van der Waals surface area (Å²) in [6.45, 7) is 3.32. The van der Waals surface area contributed by atoms with Gasteiger partial charge in [0.25, 0.3) is 10.0 Å². The van der Waals surface area contributed by atoms with Crippen LogP contribution in [0.1, 0.15) is 11.8 Å². The van der Waals surface area contributed by atoms with Crippen molar-refractivity contribution < 1.29 is 17.9 Å². The monoisotopic (exact) mass is 318 g/mol. The van der Waals surface area contributed by atoms with Crippen LogP contribution in [0.2, 0.25) is 0 Å². The molecular formula is C12H18N2O4S2. The van der Waals surface area contributed by atoms with E-state index in [-0.39, 0.29) is 0 Å². The number of hydrogen-bond acceptors (Lipinski definition) is 5. The fourth-order valence-electron chi connectivity index (χ4n) is 2.05. The highest BCUT2D eigenvalue weighted by Gasteiger charge is 2.31. The fraction of sp³-hybridized carbons (Fsp3) is 0.583. The van der Waals surface area contributed by atoms with Crippen LogP contribution in [0.5, 0.6) is 0 Å². The van der Waals surface area contributed by atoms with Crippen LogP contribution < -0.4 is 0 Å². The molecule has 1 aliphatic rings. The molecule has 1 aromatic heterocycles. The van der Waals surface area contributed by atoms with Crippen molar-refractivity contribution in [2.24, 2.45) is 0 Å². The maximum Gasteiger partial charge on any atom is 0.409 e. The van der Waals surface area contributed by atoms with Crippen LogP contribution >= 0.6 is 11.3 Å². The first kappa shape index (κ1) is 15.3. The Kier molecular flexibility index (Phi) is 4.66. The number of piperazine rings is 1. The zero-order chi connectivity index (χ0) is 14.8. The third-order valence-corrected chi connectivity index (χ3v) is 6.85. The number of ether oxygens (including phenoxy) is 1. The van der Waals surface area contributed by atoms with E-state index in [1.165, 1.54) is 27.7 Å². The molecule has 0 radical (unpaired) electrons. The number of rotatable bonds is 3. The number of thiophene rings is 1. The minimum Gasteiger partial charge on any atom is -0.453 e. The molecule has 0 saturated carbocycles. The summed E-state index contributed by atoms with van der Waals surface area (Å²) in [5.74, 6) is 0. The number of sulfonamides is 1. The number of hydrogen-bond donors (Lipinski definition) is 0. The van der Waals surface area contributed by atoms with Crippen LogP contribution in [0.25, 0.3) is 0 Å². The predicted octanol–water partition coefficient (Wildman–Crippen LogP) is 1.38. The maximum absolute atomic E-state index is 12.5. The first-order valence-electron chi connectivity index (χ1n) is 6.40. The minimum atomic E-state index is -3.43. The lowest BCUT2D eigenvalue weighted by Gasteiger charge is -2.32. The summed E-state index contributed by atoms with van der Waals surface area (Å²) in [5.41, 5.74) is 0. The molecule has 20 heavy (non-hydrogen) atoms. The van der Waals surface area contributed by atoms with Gasteiger partial charge in [0, 0.05) is 31.1 Å². The molecule has 1 saturated heterocycles. The summed E-state index contributed by atoms with van der Waals surface area (Å²) >= 11 is 1.31. The first-order chi connectivity index (χ1) is 9.48. The highest BCUT2D eigenvalue weighted by Crippen LogP contribution is 2.26. The summed E-state index contributed by atoms with van der Waals surface area (Å²) in [6, 6.07) is 3.51. The largest absolute Gasteiger partial charge is 0.453 e. The molecule has 0 unspecified atom stereocenters. The van der Waals surface area contributed by atoms with E-state index < -0.39 is 16.1 Å². The van der Waals surface area contributed by atoms with Crippen LogP contribution in [0.3, 0.4) is 0 Å². The van der Waals surface area contributed by atoms with Crippen LogP contribution in [0.15, 0.2) is 16.3 Å². The Morgan fingerprint density at radius 3 is 2.45 bits per heavy atom. The summed E-state index contributed by atoms with van der Waals surface area (Å²) in [4.78, 5) is 13.9. The lowest BCUT2D eigenvalue weighted by atomic mass is 10.4. The number of methoxy groups -OCH3 is 1. The molecule has 1 amide bonds. The molecule has 112 valence electrons. The maximum atomic E-state index is 12.5. The van der Waals surface area contributed by atoms with Crippen molar-refractivity contribution in [1.29, 1.82) is 0 Å². The van der Waals surface area contributed by atoms with Gasteiger partial charge in [-0.3, -0.25) is 0 Å². The van der Waals surface area contributed by atoms with Gasteiger partial charge in [0.2, 0.25) is 0 Å². The van der Waals surface area contributed by atoms with E-state index in [2.05, 4.69) is 4.74 Å². The van der Waals surface area contributed by atoms with Crippen molar-refractivity contribution in [3.8, 4) is 0 Å². The summed E-state index contributed by atoms with van der Waals surface area (Å²) in [5, 5.41) is 0. The number of carbonyl (C=O) groups is 1. The van der Waals surface area contributed by atoms with Gasteiger partial charge in [0.15, 0.2) is 0 Å². The summed E-state index contributed by atoms with van der Waals surface area (Å²) in [6.07, 6.45) is 0.419. The van der Waals surface area contributed by atoms with E-state index >= 15 is 0 Å². The average Bonchev–Trinajstić information content (AvgIpc) is 2.96. The predicted molar refractivity (Wildman–Crippen MR) is 76.4 cm³/mol. The highest BCUT2D eigenvalue weighted by atomic mass is 32.2. The van der Waals surface area contributed by atoms with Gasteiger partial charge in [0.05, 0.1) is 7.11 Å². The normalized spacial score (nSPS) is 17.2. The number of aryl methyl sites for hydroxylation is 1. The molecule has 1 fully saturated rings. The van der Waals surface area contributed by atoms with Gasteiger partial charge in [0.1, 0.15) is 4.21 Å². The minimum absolute atomic E-state index is 0.302. The van der Waals surface area contributed by atoms with Crippen molar-refractivity contribution in [1.82, 2.24) is 9.21 Å². The van der Waals surface area contributed by atoms with Crippen molar-refractivity contribution in [2.45, 2.75) is 17.6 Å². The second-order valence-electron chi connectivity index (χ2n) is 4.44. The molecule has 0 aliphatic carbocycles. The van der Waals surface area contributed by atoms with E-state index in [4.69, 9.17) is 0 Å². The average molecular weight is 318 g/mol. The quantitative estimate of drug-likeness (QED) is 0.844. The highest BCUT2D eigenvalue weighted by molar-refractivity contribution is 7.91. The van der Waals surface area contributed by atoms with E-state index in [1.54, 1.807) is 6.07 Å². The third-order valence-electron chi connectivity index (χ3n) is 3.25. The van der Waals surface area contributed by atoms with Gasteiger partial charge in [-0.05, 0) is 18.6 Å². The van der Waals surface area contributed by atoms with Crippen molar-refractivity contribution in [3.05, 3.63) is 17.0 Å². The molecule has 1 aromatic rings. The second-order valence-corrected chi connectivity index (χ2v) is 7.77. The molecule has 2 rings (SSSR count). The van der Waals surface area contributed by atoms with Crippen molar-refractivity contribution in [3.63, 3.8) is 0 Å². The molecule has 0 bridgehead atoms. The molecule has 1 aliphatic heterocycles. The van der Waals surface area contributed by atoms with Crippen LogP contribution in [-0.2, 0) is 21.2 Å². The zero-order valence-corrected chi connectivity index (χ0v) is 13.2. The van der Waals surface area contributed by atoms with Gasteiger partial charge >= 0.3 is 6.09 Å². The third kappa shape index (κ3) is 2.97. The van der Waals surface area contributed by atoms with Crippen molar-refractivity contribution in [2.75, 3.05) is 33.3 Å². The molecule has 0 atom stereocenters. The Labute approximate surface area is 123 Å². The first-order valence-corrected chi connectivity index (χ1v) is 8.66. The summed E-state index contributed by atoms with van der Waals surface area (Å²) in [7, 11) is -2.11. The Morgan fingerprint density at radius 2 is 1.95 bits per heavy atom. The van der Waals surface area contributed by atoms with Crippen LogP contribution in [-0.4, -0.2) is 57.0 Å². The lowest BCUT2D eigenvalue weighted by molar-refractivity contribution is 0.108. The molecule has 0 N–H and O–H groups in total. The second kappa shape index (κ2) is 6.11. The molecule has 0 aromatic carbocycles. The smallest absolute Gasteiger partial charge is 0.409 e. The van der Waals surface area contributed by atoms with Gasteiger partial charge in [-0.25, -0.2) is 13.2 Å².